The van der Waals surface area contributed by atoms with Crippen LogP contribution in [0, 0.1) is 11.3 Å². The van der Waals surface area contributed by atoms with Crippen molar-refractivity contribution in [2.75, 3.05) is 6.54 Å². The summed E-state index contributed by atoms with van der Waals surface area (Å²) in [5, 5.41) is 12.0. The van der Waals surface area contributed by atoms with Gasteiger partial charge in [-0.1, -0.05) is 48.5 Å². The highest BCUT2D eigenvalue weighted by molar-refractivity contribution is 7.89. The first-order valence-corrected chi connectivity index (χ1v) is 11.0. The molecule has 0 radical (unpaired) electrons. The maximum Gasteiger partial charge on any atom is 0.262 e. The molecule has 0 aliphatic heterocycles. The molecule has 0 fully saturated rings. The topological polar surface area (TPSA) is 112 Å². The molecular weight excluding hydrogens is 414 g/mol. The van der Waals surface area contributed by atoms with E-state index in [0.717, 1.165) is 5.56 Å². The number of furan rings is 1. The highest BCUT2D eigenvalue weighted by Gasteiger charge is 2.14. The number of benzene rings is 2. The highest BCUT2D eigenvalue weighted by Crippen LogP contribution is 2.14. The van der Waals surface area contributed by atoms with Crippen molar-refractivity contribution in [3.8, 4) is 6.07 Å². The molecule has 158 valence electrons. The maximum atomic E-state index is 12.3. The van der Waals surface area contributed by atoms with Crippen molar-refractivity contribution in [1.29, 1.82) is 5.26 Å². The predicted molar refractivity (Wildman–Crippen MR) is 116 cm³/mol. The Hall–Kier alpha value is -3.67. The van der Waals surface area contributed by atoms with E-state index in [9.17, 15) is 18.5 Å². The van der Waals surface area contributed by atoms with E-state index in [1.54, 1.807) is 30.3 Å². The number of nitrogens with one attached hydrogen (secondary N) is 2. The van der Waals surface area contributed by atoms with Gasteiger partial charge in [0.15, 0.2) is 0 Å². The normalized spacial score (nSPS) is 11.6. The Morgan fingerprint density at radius 1 is 1.00 bits per heavy atom. The van der Waals surface area contributed by atoms with Crippen LogP contribution >= 0.6 is 0 Å². The number of nitrogens with zero attached hydrogens (tertiary/aromatic N) is 1. The van der Waals surface area contributed by atoms with Crippen molar-refractivity contribution >= 4 is 22.0 Å². The third kappa shape index (κ3) is 6.40. The van der Waals surface area contributed by atoms with E-state index in [1.807, 2.05) is 36.4 Å². The smallest absolute Gasteiger partial charge is 0.262 e. The van der Waals surface area contributed by atoms with E-state index < -0.39 is 15.9 Å². The van der Waals surface area contributed by atoms with Gasteiger partial charge in [0.05, 0.1) is 11.4 Å². The minimum atomic E-state index is -3.67. The standard InChI is InChI=1S/C23H21N3O4S/c24-16-19(23(27)25-14-13-18-7-3-1-4-8-18)15-20-11-12-21(30-20)17-26-31(28,29)22-9-5-2-6-10-22/h1-12,15,26H,13-14,17H2,(H,25,27)/b19-15-. The summed E-state index contributed by atoms with van der Waals surface area (Å²) in [5.74, 6) is 0.136. The molecule has 0 aliphatic carbocycles. The van der Waals surface area contributed by atoms with Gasteiger partial charge < -0.3 is 9.73 Å². The maximum absolute atomic E-state index is 12.3. The van der Waals surface area contributed by atoms with Crippen molar-refractivity contribution in [1.82, 2.24) is 10.0 Å². The fraction of sp³-hybridized carbons (Fsp3) is 0.130. The first kappa shape index (κ1) is 22.0. The second-order valence-electron chi connectivity index (χ2n) is 6.60. The van der Waals surface area contributed by atoms with E-state index in [2.05, 4.69) is 10.0 Å². The minimum absolute atomic E-state index is 0.0593. The lowest BCUT2D eigenvalue weighted by atomic mass is 10.1. The van der Waals surface area contributed by atoms with Gasteiger partial charge in [0.1, 0.15) is 23.2 Å². The summed E-state index contributed by atoms with van der Waals surface area (Å²) in [6.45, 7) is 0.336. The third-order valence-electron chi connectivity index (χ3n) is 4.37. The Morgan fingerprint density at radius 2 is 1.68 bits per heavy atom. The van der Waals surface area contributed by atoms with Crippen LogP contribution in [-0.4, -0.2) is 20.9 Å². The number of amides is 1. The minimum Gasteiger partial charge on any atom is -0.460 e. The Labute approximate surface area is 181 Å². The summed E-state index contributed by atoms with van der Waals surface area (Å²) in [6.07, 6.45) is 1.98. The summed E-state index contributed by atoms with van der Waals surface area (Å²) in [4.78, 5) is 12.4. The molecule has 3 rings (SSSR count). The lowest BCUT2D eigenvalue weighted by Gasteiger charge is -2.05. The first-order chi connectivity index (χ1) is 15.0. The van der Waals surface area contributed by atoms with Gasteiger partial charge in [0, 0.05) is 12.6 Å². The largest absolute Gasteiger partial charge is 0.460 e. The summed E-state index contributed by atoms with van der Waals surface area (Å²) >= 11 is 0. The van der Waals surface area contributed by atoms with Crippen LogP contribution in [0.2, 0.25) is 0 Å². The van der Waals surface area contributed by atoms with Gasteiger partial charge in [-0.15, -0.1) is 0 Å². The molecule has 0 spiro atoms. The molecule has 0 atom stereocenters. The second-order valence-corrected chi connectivity index (χ2v) is 8.37. The number of hydrogen-bond acceptors (Lipinski definition) is 5. The number of carbonyl (C=O) groups excluding carboxylic acids is 1. The molecule has 31 heavy (non-hydrogen) atoms. The summed E-state index contributed by atoms with van der Waals surface area (Å²) < 4.78 is 32.5. The summed E-state index contributed by atoms with van der Waals surface area (Å²) in [6, 6.07) is 22.7. The Morgan fingerprint density at radius 3 is 2.35 bits per heavy atom. The molecule has 1 amide bonds. The van der Waals surface area contributed by atoms with E-state index in [-0.39, 0.29) is 22.8 Å². The molecule has 3 aromatic rings. The average molecular weight is 436 g/mol. The molecule has 0 aliphatic rings. The summed E-state index contributed by atoms with van der Waals surface area (Å²) in [5.41, 5.74) is 0.984. The lowest BCUT2D eigenvalue weighted by Crippen LogP contribution is -2.26. The third-order valence-corrected chi connectivity index (χ3v) is 5.78. The van der Waals surface area contributed by atoms with Crippen LogP contribution < -0.4 is 10.0 Å². The Kier molecular flexibility index (Phi) is 7.38. The fourth-order valence-corrected chi connectivity index (χ4v) is 3.78. The van der Waals surface area contributed by atoms with Crippen molar-refractivity contribution in [3.63, 3.8) is 0 Å². The molecule has 0 saturated carbocycles. The molecule has 2 N–H and O–H groups in total. The number of sulfonamides is 1. The Balaban J connectivity index is 1.57. The van der Waals surface area contributed by atoms with E-state index in [0.29, 0.717) is 18.7 Å². The SMILES string of the molecule is N#C/C(=C/c1ccc(CNS(=O)(=O)c2ccccc2)o1)C(=O)NCCc1ccccc1. The summed E-state index contributed by atoms with van der Waals surface area (Å²) in [7, 11) is -3.67. The van der Waals surface area contributed by atoms with Crippen molar-refractivity contribution in [2.45, 2.75) is 17.9 Å². The number of nitriles is 1. The van der Waals surface area contributed by atoms with E-state index in [4.69, 9.17) is 4.42 Å². The van der Waals surface area contributed by atoms with E-state index >= 15 is 0 Å². The van der Waals surface area contributed by atoms with Crippen LogP contribution in [0.3, 0.4) is 0 Å². The number of carbonyl (C=O) groups is 1. The first-order valence-electron chi connectivity index (χ1n) is 9.55. The fourth-order valence-electron chi connectivity index (χ4n) is 2.77. The number of rotatable bonds is 9. The van der Waals surface area contributed by atoms with Crippen LogP contribution in [0.4, 0.5) is 0 Å². The quantitative estimate of drug-likeness (QED) is 0.396. The molecule has 1 heterocycles. The van der Waals surface area contributed by atoms with Crippen molar-refractivity contribution in [3.05, 3.63) is 95.5 Å². The van der Waals surface area contributed by atoms with Crippen LogP contribution in [0.1, 0.15) is 17.1 Å². The molecule has 0 bridgehead atoms. The molecule has 0 unspecified atom stereocenters. The monoisotopic (exact) mass is 435 g/mol. The van der Waals surface area contributed by atoms with Crippen LogP contribution in [-0.2, 0) is 27.8 Å². The van der Waals surface area contributed by atoms with Gasteiger partial charge in [-0.2, -0.15) is 5.26 Å². The van der Waals surface area contributed by atoms with Gasteiger partial charge in [-0.25, -0.2) is 13.1 Å². The van der Waals surface area contributed by atoms with Gasteiger partial charge in [-0.3, -0.25) is 4.79 Å². The zero-order valence-corrected chi connectivity index (χ0v) is 17.4. The van der Waals surface area contributed by atoms with Gasteiger partial charge in [0.2, 0.25) is 10.0 Å². The zero-order valence-electron chi connectivity index (χ0n) is 16.6. The van der Waals surface area contributed by atoms with Gasteiger partial charge >= 0.3 is 0 Å². The highest BCUT2D eigenvalue weighted by atomic mass is 32.2. The molecule has 1 aromatic heterocycles. The van der Waals surface area contributed by atoms with Crippen molar-refractivity contribution < 1.29 is 17.6 Å². The van der Waals surface area contributed by atoms with Crippen LogP contribution in [0.15, 0.2) is 87.7 Å². The van der Waals surface area contributed by atoms with Gasteiger partial charge in [-0.05, 0) is 36.2 Å². The predicted octanol–water partition coefficient (Wildman–Crippen LogP) is 3.02. The van der Waals surface area contributed by atoms with Crippen LogP contribution in [0.5, 0.6) is 0 Å². The number of hydrogen-bond donors (Lipinski definition) is 2. The Bertz CT molecular complexity index is 1190. The molecule has 2 aromatic carbocycles. The van der Waals surface area contributed by atoms with Crippen molar-refractivity contribution in [2.24, 2.45) is 0 Å². The second kappa shape index (κ2) is 10.4. The van der Waals surface area contributed by atoms with E-state index in [1.165, 1.54) is 18.2 Å². The molecule has 0 saturated heterocycles. The molecule has 8 heteroatoms. The van der Waals surface area contributed by atoms with Gasteiger partial charge in [0.25, 0.3) is 5.91 Å². The molecular formula is C23H21N3O4S. The average Bonchev–Trinajstić information content (AvgIpc) is 3.25. The van der Waals surface area contributed by atoms with Crippen LogP contribution in [0.25, 0.3) is 6.08 Å². The lowest BCUT2D eigenvalue weighted by molar-refractivity contribution is -0.117. The zero-order chi connectivity index (χ0) is 22.1. The molecule has 7 nitrogen and oxygen atoms in total.